The van der Waals surface area contributed by atoms with Crippen LogP contribution in [0.25, 0.3) is 5.69 Å². The zero-order valence-corrected chi connectivity index (χ0v) is 14.8. The van der Waals surface area contributed by atoms with Gasteiger partial charge in [-0.05, 0) is 37.3 Å². The fraction of sp³-hybridized carbons (Fsp3) is 0.158. The largest absolute Gasteiger partial charge is 0.315 e. The predicted molar refractivity (Wildman–Crippen MR) is 98.7 cm³/mol. The van der Waals surface area contributed by atoms with Crippen molar-refractivity contribution >= 4 is 23.4 Å². The molecule has 1 heterocycles. The Kier molecular flexibility index (Phi) is 5.19. The van der Waals surface area contributed by atoms with Crippen LogP contribution in [-0.2, 0) is 4.79 Å². The molecule has 0 saturated carbocycles. The quantitative estimate of drug-likeness (QED) is 0.645. The second kappa shape index (κ2) is 7.53. The first-order chi connectivity index (χ1) is 12.1. The van der Waals surface area contributed by atoms with E-state index >= 15 is 0 Å². The molecule has 0 fully saturated rings. The molecule has 3 aromatic rings. The Morgan fingerprint density at radius 1 is 1.20 bits per heavy atom. The molecule has 0 bridgehead atoms. The van der Waals surface area contributed by atoms with Crippen LogP contribution in [0.4, 0.5) is 10.1 Å². The summed E-state index contributed by atoms with van der Waals surface area (Å²) >= 11 is 1.35. The third kappa shape index (κ3) is 3.91. The molecule has 1 aromatic heterocycles. The Morgan fingerprint density at radius 2 is 1.96 bits per heavy atom. The number of amides is 1. The number of carbonyl (C=O) groups is 1. The van der Waals surface area contributed by atoms with E-state index in [0.717, 1.165) is 5.69 Å². The van der Waals surface area contributed by atoms with Gasteiger partial charge >= 0.3 is 0 Å². The van der Waals surface area contributed by atoms with Crippen molar-refractivity contribution < 1.29 is 9.18 Å². The molecule has 2 aromatic carbocycles. The number of carbonyl (C=O) groups excluding carboxylic acids is 1. The first-order valence-electron chi connectivity index (χ1n) is 7.85. The highest BCUT2D eigenvalue weighted by Crippen LogP contribution is 2.27. The van der Waals surface area contributed by atoms with E-state index in [9.17, 15) is 9.18 Å². The molecular formula is C19H18FN3OS. The zero-order valence-electron chi connectivity index (χ0n) is 14.0. The van der Waals surface area contributed by atoms with Crippen molar-refractivity contribution in [1.82, 2.24) is 9.55 Å². The highest BCUT2D eigenvalue weighted by molar-refractivity contribution is 8.00. The molecule has 0 aliphatic carbocycles. The summed E-state index contributed by atoms with van der Waals surface area (Å²) < 4.78 is 15.3. The minimum absolute atomic E-state index is 0.0232. The molecule has 0 N–H and O–H groups in total. The summed E-state index contributed by atoms with van der Waals surface area (Å²) in [6.45, 7) is 1.84. The van der Waals surface area contributed by atoms with Crippen molar-refractivity contribution in [1.29, 1.82) is 0 Å². The summed E-state index contributed by atoms with van der Waals surface area (Å²) in [5.74, 6) is -0.333. The van der Waals surface area contributed by atoms with Gasteiger partial charge in [0.15, 0.2) is 5.16 Å². The molecule has 0 aliphatic heterocycles. The van der Waals surface area contributed by atoms with Crippen molar-refractivity contribution in [3.05, 3.63) is 72.8 Å². The van der Waals surface area contributed by atoms with E-state index in [1.165, 1.54) is 23.9 Å². The van der Waals surface area contributed by atoms with E-state index in [4.69, 9.17) is 0 Å². The summed E-state index contributed by atoms with van der Waals surface area (Å²) in [5.41, 5.74) is 1.52. The van der Waals surface area contributed by atoms with E-state index in [-0.39, 0.29) is 17.0 Å². The molecule has 1 atom stereocenters. The summed E-state index contributed by atoms with van der Waals surface area (Å²) in [6, 6.07) is 15.8. The molecule has 1 unspecified atom stereocenters. The van der Waals surface area contributed by atoms with Gasteiger partial charge in [0.05, 0.1) is 10.9 Å². The first kappa shape index (κ1) is 17.2. The Morgan fingerprint density at radius 3 is 2.68 bits per heavy atom. The lowest BCUT2D eigenvalue weighted by Crippen LogP contribution is -2.33. The normalized spacial score (nSPS) is 12.0. The Balaban J connectivity index is 1.77. The van der Waals surface area contributed by atoms with E-state index in [2.05, 4.69) is 4.98 Å². The Bertz CT molecular complexity index is 866. The van der Waals surface area contributed by atoms with Gasteiger partial charge in [-0.1, -0.05) is 36.0 Å². The number of imidazole rings is 1. The molecule has 4 nitrogen and oxygen atoms in total. The fourth-order valence-corrected chi connectivity index (χ4v) is 3.44. The maximum absolute atomic E-state index is 13.5. The monoisotopic (exact) mass is 355 g/mol. The Labute approximate surface area is 150 Å². The molecule has 0 aliphatic rings. The standard InChI is InChI=1S/C19H18FN3OS/c1-14(18(24)22(2)16-8-4-3-5-9-16)25-19-21-11-12-23(19)17-10-6-7-15(20)13-17/h3-14H,1-2H3. The van der Waals surface area contributed by atoms with Crippen LogP contribution in [0.1, 0.15) is 6.92 Å². The molecule has 0 saturated heterocycles. The number of hydrogen-bond acceptors (Lipinski definition) is 3. The second-order valence-corrected chi connectivity index (χ2v) is 6.86. The number of halogens is 1. The lowest BCUT2D eigenvalue weighted by atomic mass is 10.3. The number of nitrogens with zero attached hydrogens (tertiary/aromatic N) is 3. The number of aromatic nitrogens is 2. The number of anilines is 1. The number of rotatable bonds is 5. The average Bonchev–Trinajstić information content (AvgIpc) is 3.09. The van der Waals surface area contributed by atoms with E-state index in [1.54, 1.807) is 41.0 Å². The average molecular weight is 355 g/mol. The fourth-order valence-electron chi connectivity index (χ4n) is 2.46. The van der Waals surface area contributed by atoms with Gasteiger partial charge in [0.2, 0.25) is 5.91 Å². The molecular weight excluding hydrogens is 337 g/mol. The number of benzene rings is 2. The number of hydrogen-bond donors (Lipinski definition) is 0. The maximum Gasteiger partial charge on any atom is 0.240 e. The van der Waals surface area contributed by atoms with Crippen LogP contribution in [0.3, 0.4) is 0 Å². The maximum atomic E-state index is 13.5. The minimum Gasteiger partial charge on any atom is -0.315 e. The van der Waals surface area contributed by atoms with Crippen LogP contribution in [0.15, 0.2) is 72.1 Å². The molecule has 0 radical (unpaired) electrons. The molecule has 1 amide bonds. The summed E-state index contributed by atoms with van der Waals surface area (Å²) in [7, 11) is 1.76. The molecule has 128 valence electrons. The third-order valence-electron chi connectivity index (χ3n) is 3.80. The van der Waals surface area contributed by atoms with Crippen LogP contribution in [0.5, 0.6) is 0 Å². The highest BCUT2D eigenvalue weighted by Gasteiger charge is 2.22. The summed E-state index contributed by atoms with van der Waals surface area (Å²) in [5, 5.41) is 0.313. The van der Waals surface area contributed by atoms with Gasteiger partial charge in [-0.25, -0.2) is 9.37 Å². The van der Waals surface area contributed by atoms with Gasteiger partial charge in [0.1, 0.15) is 5.82 Å². The number of para-hydroxylation sites is 1. The number of thioether (sulfide) groups is 1. The van der Waals surface area contributed by atoms with Crippen LogP contribution < -0.4 is 4.90 Å². The first-order valence-corrected chi connectivity index (χ1v) is 8.73. The van der Waals surface area contributed by atoms with Crippen molar-refractivity contribution in [2.45, 2.75) is 17.3 Å². The van der Waals surface area contributed by atoms with Gasteiger partial charge in [-0.2, -0.15) is 0 Å². The lowest BCUT2D eigenvalue weighted by molar-refractivity contribution is -0.117. The molecule has 3 rings (SSSR count). The predicted octanol–water partition coefficient (Wildman–Crippen LogP) is 4.16. The van der Waals surface area contributed by atoms with Crippen molar-refractivity contribution in [2.24, 2.45) is 0 Å². The van der Waals surface area contributed by atoms with Gasteiger partial charge in [-0.3, -0.25) is 9.36 Å². The zero-order chi connectivity index (χ0) is 17.8. The third-order valence-corrected chi connectivity index (χ3v) is 4.87. The van der Waals surface area contributed by atoms with Crippen molar-refractivity contribution in [3.63, 3.8) is 0 Å². The second-order valence-electron chi connectivity index (χ2n) is 5.55. The van der Waals surface area contributed by atoms with Gasteiger partial charge in [0, 0.05) is 25.1 Å². The van der Waals surface area contributed by atoms with Crippen LogP contribution in [0, 0.1) is 5.82 Å². The van der Waals surface area contributed by atoms with Crippen LogP contribution in [-0.4, -0.2) is 27.8 Å². The van der Waals surface area contributed by atoms with Crippen molar-refractivity contribution in [2.75, 3.05) is 11.9 Å². The van der Waals surface area contributed by atoms with Crippen LogP contribution >= 0.6 is 11.8 Å². The summed E-state index contributed by atoms with van der Waals surface area (Å²) in [4.78, 5) is 18.6. The molecule has 0 spiro atoms. The SMILES string of the molecule is CC(Sc1nccn1-c1cccc(F)c1)C(=O)N(C)c1ccccc1. The topological polar surface area (TPSA) is 38.1 Å². The molecule has 25 heavy (non-hydrogen) atoms. The van der Waals surface area contributed by atoms with E-state index in [1.807, 2.05) is 37.3 Å². The smallest absolute Gasteiger partial charge is 0.240 e. The highest BCUT2D eigenvalue weighted by atomic mass is 32.2. The van der Waals surface area contributed by atoms with Crippen molar-refractivity contribution in [3.8, 4) is 5.69 Å². The Hall–Kier alpha value is -2.60. The minimum atomic E-state index is -0.333. The van der Waals surface area contributed by atoms with Gasteiger partial charge in [0.25, 0.3) is 0 Å². The van der Waals surface area contributed by atoms with E-state index in [0.29, 0.717) is 10.8 Å². The van der Waals surface area contributed by atoms with Gasteiger partial charge < -0.3 is 4.90 Å². The lowest BCUT2D eigenvalue weighted by Gasteiger charge is -2.21. The molecule has 6 heteroatoms. The summed E-state index contributed by atoms with van der Waals surface area (Å²) in [6.07, 6.45) is 3.40. The van der Waals surface area contributed by atoms with Crippen LogP contribution in [0.2, 0.25) is 0 Å². The van der Waals surface area contributed by atoms with E-state index < -0.39 is 0 Å². The van der Waals surface area contributed by atoms with Gasteiger partial charge in [-0.15, -0.1) is 0 Å².